The lowest BCUT2D eigenvalue weighted by atomic mass is 9.96. The Morgan fingerprint density at radius 3 is 2.57 bits per heavy atom. The Bertz CT molecular complexity index is 756. The first-order valence-electron chi connectivity index (χ1n) is 8.02. The number of nitrogens with zero attached hydrogens (tertiary/aromatic N) is 1. The molecule has 2 aromatic heterocycles. The van der Waals surface area contributed by atoms with Crippen LogP contribution in [0.4, 0.5) is 0 Å². The third kappa shape index (κ3) is 4.02. The molecule has 7 heteroatoms. The molecule has 1 aliphatic carbocycles. The summed E-state index contributed by atoms with van der Waals surface area (Å²) >= 11 is 2.84. The maximum Gasteiger partial charge on any atom is 0.250 e. The summed E-state index contributed by atoms with van der Waals surface area (Å²) < 4.78 is 28.3. The number of thiazole rings is 1. The maximum absolute atomic E-state index is 12.5. The van der Waals surface area contributed by atoms with Gasteiger partial charge < -0.3 is 0 Å². The Kier molecular flexibility index (Phi) is 5.20. The second kappa shape index (κ2) is 7.01. The first-order valence-corrected chi connectivity index (χ1v) is 11.3. The maximum atomic E-state index is 12.5. The van der Waals surface area contributed by atoms with Gasteiger partial charge in [0.15, 0.2) is 0 Å². The molecule has 2 aromatic rings. The molecule has 0 amide bonds. The summed E-state index contributed by atoms with van der Waals surface area (Å²) in [6, 6.07) is 1.84. The van der Waals surface area contributed by atoms with Gasteiger partial charge in [0.1, 0.15) is 9.22 Å². The molecule has 126 valence electrons. The predicted molar refractivity (Wildman–Crippen MR) is 96.7 cm³/mol. The first kappa shape index (κ1) is 17.1. The number of sulfonamides is 1. The van der Waals surface area contributed by atoms with Crippen LogP contribution in [0.2, 0.25) is 0 Å². The van der Waals surface area contributed by atoms with Gasteiger partial charge in [0, 0.05) is 22.4 Å². The molecule has 0 unspecified atom stereocenters. The number of aromatic nitrogens is 1. The molecule has 0 spiro atoms. The summed E-state index contributed by atoms with van der Waals surface area (Å²) in [6.07, 6.45) is 5.33. The highest BCUT2D eigenvalue weighted by atomic mass is 32.2. The fraction of sp³-hybridized carbons (Fsp3) is 0.562. The minimum absolute atomic E-state index is 0.0895. The van der Waals surface area contributed by atoms with Crippen LogP contribution in [0.25, 0.3) is 10.6 Å². The number of hydrogen-bond acceptors (Lipinski definition) is 5. The quantitative estimate of drug-likeness (QED) is 0.836. The van der Waals surface area contributed by atoms with Crippen molar-refractivity contribution in [3.05, 3.63) is 22.5 Å². The van der Waals surface area contributed by atoms with E-state index in [2.05, 4.69) is 23.6 Å². The van der Waals surface area contributed by atoms with Crippen molar-refractivity contribution in [2.75, 3.05) is 0 Å². The van der Waals surface area contributed by atoms with E-state index >= 15 is 0 Å². The number of thiophene rings is 1. The van der Waals surface area contributed by atoms with Crippen LogP contribution in [0.5, 0.6) is 0 Å². The lowest BCUT2D eigenvalue weighted by molar-refractivity contribution is 0.412. The number of nitrogens with one attached hydrogen (secondary N) is 1. The van der Waals surface area contributed by atoms with Crippen molar-refractivity contribution >= 4 is 32.7 Å². The lowest BCUT2D eigenvalue weighted by Crippen LogP contribution is -2.35. The second-order valence-electron chi connectivity index (χ2n) is 6.34. The smallest absolute Gasteiger partial charge is 0.241 e. The lowest BCUT2D eigenvalue weighted by Gasteiger charge is -2.22. The average molecular weight is 371 g/mol. The Labute approximate surface area is 146 Å². The molecule has 1 N–H and O–H groups in total. The van der Waals surface area contributed by atoms with Crippen LogP contribution in [-0.4, -0.2) is 19.4 Å². The largest absolute Gasteiger partial charge is 0.250 e. The first-order chi connectivity index (χ1) is 11.0. The van der Waals surface area contributed by atoms with Crippen LogP contribution in [-0.2, 0) is 10.0 Å². The van der Waals surface area contributed by atoms with E-state index in [0.29, 0.717) is 10.1 Å². The highest BCUT2D eigenvalue weighted by molar-refractivity contribution is 7.91. The molecule has 2 heterocycles. The molecule has 1 aliphatic rings. The Balaban J connectivity index is 1.77. The van der Waals surface area contributed by atoms with E-state index in [1.807, 2.05) is 10.8 Å². The van der Waals surface area contributed by atoms with Crippen LogP contribution in [0, 0.1) is 0 Å². The fourth-order valence-corrected chi connectivity index (χ4v) is 6.28. The van der Waals surface area contributed by atoms with E-state index in [-0.39, 0.29) is 6.04 Å². The van der Waals surface area contributed by atoms with Gasteiger partial charge in [-0.3, -0.25) is 0 Å². The molecule has 0 bridgehead atoms. The summed E-state index contributed by atoms with van der Waals surface area (Å²) in [5, 5.41) is 4.83. The van der Waals surface area contributed by atoms with E-state index < -0.39 is 10.0 Å². The molecule has 0 radical (unpaired) electrons. The SMILES string of the molecule is CC(C)c1csc(-c2csc(S(=O)(=O)NC3CCCCC3)c2)n1. The fourth-order valence-electron chi connectivity index (χ4n) is 2.75. The van der Waals surface area contributed by atoms with Crippen molar-refractivity contribution in [1.29, 1.82) is 0 Å². The molecule has 0 aromatic carbocycles. The minimum Gasteiger partial charge on any atom is -0.241 e. The summed E-state index contributed by atoms with van der Waals surface area (Å²) in [7, 11) is -3.41. The number of hydrogen-bond donors (Lipinski definition) is 1. The molecule has 1 saturated carbocycles. The average Bonchev–Trinajstić information content (AvgIpc) is 3.17. The van der Waals surface area contributed by atoms with Crippen molar-refractivity contribution in [1.82, 2.24) is 9.71 Å². The molecular formula is C16H22N2O2S3. The molecule has 1 fully saturated rings. The van der Waals surface area contributed by atoms with Crippen LogP contribution in [0.15, 0.2) is 21.0 Å². The van der Waals surface area contributed by atoms with Gasteiger partial charge in [0.05, 0.1) is 5.69 Å². The predicted octanol–water partition coefficient (Wildman–Crippen LogP) is 4.61. The zero-order valence-electron chi connectivity index (χ0n) is 13.4. The van der Waals surface area contributed by atoms with Crippen molar-refractivity contribution in [3.8, 4) is 10.6 Å². The van der Waals surface area contributed by atoms with Gasteiger partial charge >= 0.3 is 0 Å². The van der Waals surface area contributed by atoms with Crippen molar-refractivity contribution in [2.24, 2.45) is 0 Å². The Hall–Kier alpha value is -0.760. The zero-order valence-corrected chi connectivity index (χ0v) is 15.9. The molecule has 23 heavy (non-hydrogen) atoms. The van der Waals surface area contributed by atoms with E-state index in [0.717, 1.165) is 41.9 Å². The third-order valence-electron chi connectivity index (χ3n) is 4.13. The van der Waals surface area contributed by atoms with E-state index in [1.54, 1.807) is 17.4 Å². The normalized spacial score (nSPS) is 17.0. The molecule has 0 atom stereocenters. The van der Waals surface area contributed by atoms with Crippen molar-refractivity contribution in [3.63, 3.8) is 0 Å². The van der Waals surface area contributed by atoms with Gasteiger partial charge in [0.25, 0.3) is 0 Å². The van der Waals surface area contributed by atoms with E-state index in [9.17, 15) is 8.42 Å². The van der Waals surface area contributed by atoms with Gasteiger partial charge in [-0.25, -0.2) is 18.1 Å². The van der Waals surface area contributed by atoms with Crippen LogP contribution < -0.4 is 4.72 Å². The standard InChI is InChI=1S/C16H22N2O2S3/c1-11(2)14-10-22-16(17-14)12-8-15(21-9-12)23(19,20)18-13-6-4-3-5-7-13/h8-11,13,18H,3-7H2,1-2H3. The molecule has 3 rings (SSSR count). The van der Waals surface area contributed by atoms with E-state index in [4.69, 9.17) is 0 Å². The van der Waals surface area contributed by atoms with Crippen molar-refractivity contribution in [2.45, 2.75) is 62.1 Å². The van der Waals surface area contributed by atoms with Gasteiger partial charge in [-0.1, -0.05) is 33.1 Å². The third-order valence-corrected chi connectivity index (χ3v) is 8.00. The van der Waals surface area contributed by atoms with Gasteiger partial charge in [-0.2, -0.15) is 0 Å². The molecule has 0 aliphatic heterocycles. The second-order valence-corrected chi connectivity index (χ2v) is 10.1. The topological polar surface area (TPSA) is 59.1 Å². The Morgan fingerprint density at radius 1 is 1.17 bits per heavy atom. The van der Waals surface area contributed by atoms with Gasteiger partial charge in [-0.05, 0) is 24.8 Å². The monoisotopic (exact) mass is 370 g/mol. The van der Waals surface area contributed by atoms with Crippen LogP contribution in [0.3, 0.4) is 0 Å². The summed E-state index contributed by atoms with van der Waals surface area (Å²) in [4.78, 5) is 4.60. The number of rotatable bonds is 5. The van der Waals surface area contributed by atoms with Gasteiger partial charge in [-0.15, -0.1) is 22.7 Å². The zero-order chi connectivity index (χ0) is 16.4. The van der Waals surface area contributed by atoms with E-state index in [1.165, 1.54) is 17.8 Å². The molecular weight excluding hydrogens is 348 g/mol. The highest BCUT2D eigenvalue weighted by Crippen LogP contribution is 2.32. The minimum atomic E-state index is -3.41. The highest BCUT2D eigenvalue weighted by Gasteiger charge is 2.23. The summed E-state index contributed by atoms with van der Waals surface area (Å²) in [5.41, 5.74) is 1.96. The Morgan fingerprint density at radius 2 is 1.91 bits per heavy atom. The van der Waals surface area contributed by atoms with Crippen LogP contribution in [0.1, 0.15) is 57.6 Å². The van der Waals surface area contributed by atoms with Crippen molar-refractivity contribution < 1.29 is 8.42 Å². The van der Waals surface area contributed by atoms with Gasteiger partial charge in [0.2, 0.25) is 10.0 Å². The van der Waals surface area contributed by atoms with Crippen LogP contribution >= 0.6 is 22.7 Å². The summed E-state index contributed by atoms with van der Waals surface area (Å²) in [6.45, 7) is 4.22. The molecule has 0 saturated heterocycles. The summed E-state index contributed by atoms with van der Waals surface area (Å²) in [5.74, 6) is 0.384. The molecule has 4 nitrogen and oxygen atoms in total.